The van der Waals surface area contributed by atoms with E-state index in [9.17, 15) is 0 Å². The van der Waals surface area contributed by atoms with Crippen LogP contribution >= 0.6 is 0 Å². The first-order valence-corrected chi connectivity index (χ1v) is 16.7. The SMILES string of the molecule is CC1(C)c2cc(-c3cccc4ccc5cccnc5c34)ccc2-c2ccc(-n3c4ccccc4c4cc(-c5ccccc5)ccc43)cc21. The zero-order chi connectivity index (χ0) is 32.0. The van der Waals surface area contributed by atoms with Crippen molar-refractivity contribution in [3.05, 3.63) is 169 Å². The number of pyridine rings is 1. The van der Waals surface area contributed by atoms with E-state index in [1.165, 1.54) is 88.2 Å². The maximum Gasteiger partial charge on any atom is 0.0786 e. The van der Waals surface area contributed by atoms with Gasteiger partial charge < -0.3 is 4.57 Å². The minimum Gasteiger partial charge on any atom is -0.309 e. The molecule has 0 spiro atoms. The molecule has 0 saturated carbocycles. The van der Waals surface area contributed by atoms with Crippen molar-refractivity contribution in [2.24, 2.45) is 0 Å². The van der Waals surface area contributed by atoms with Gasteiger partial charge in [-0.2, -0.15) is 0 Å². The van der Waals surface area contributed by atoms with Crippen molar-refractivity contribution in [1.29, 1.82) is 0 Å². The lowest BCUT2D eigenvalue weighted by Gasteiger charge is -2.23. The van der Waals surface area contributed by atoms with Gasteiger partial charge in [0.1, 0.15) is 0 Å². The average Bonchev–Trinajstić information content (AvgIpc) is 3.59. The van der Waals surface area contributed by atoms with Crippen molar-refractivity contribution < 1.29 is 0 Å². The first kappa shape index (κ1) is 27.2. The largest absolute Gasteiger partial charge is 0.309 e. The molecule has 1 aliphatic carbocycles. The van der Waals surface area contributed by atoms with Crippen LogP contribution in [0.1, 0.15) is 25.0 Å². The second kappa shape index (κ2) is 10.0. The molecule has 2 nitrogen and oxygen atoms in total. The van der Waals surface area contributed by atoms with Crippen molar-refractivity contribution >= 4 is 43.5 Å². The fourth-order valence-corrected chi connectivity index (χ4v) is 8.25. The molecule has 0 bridgehead atoms. The molecule has 2 heterocycles. The monoisotopic (exact) mass is 612 g/mol. The lowest BCUT2D eigenvalue weighted by Crippen LogP contribution is -2.15. The number of hydrogen-bond acceptors (Lipinski definition) is 1. The van der Waals surface area contributed by atoms with Crippen LogP contribution in [0, 0.1) is 0 Å². The molecule has 226 valence electrons. The van der Waals surface area contributed by atoms with Crippen molar-refractivity contribution in [3.63, 3.8) is 0 Å². The number of para-hydroxylation sites is 1. The minimum absolute atomic E-state index is 0.166. The van der Waals surface area contributed by atoms with Crippen LogP contribution < -0.4 is 0 Å². The molecule has 9 aromatic rings. The van der Waals surface area contributed by atoms with Crippen LogP contribution in [-0.2, 0) is 5.41 Å². The van der Waals surface area contributed by atoms with Gasteiger partial charge in [-0.1, -0.05) is 123 Å². The number of benzene rings is 7. The third kappa shape index (κ3) is 3.83. The van der Waals surface area contributed by atoms with E-state index in [4.69, 9.17) is 4.98 Å². The molecule has 0 saturated heterocycles. The highest BCUT2D eigenvalue weighted by molar-refractivity contribution is 6.13. The molecule has 2 aromatic heterocycles. The summed E-state index contributed by atoms with van der Waals surface area (Å²) in [6, 6.07) is 55.7. The van der Waals surface area contributed by atoms with Crippen molar-refractivity contribution in [3.8, 4) is 39.1 Å². The molecular formula is C46H32N2. The number of fused-ring (bicyclic) bond motifs is 9. The van der Waals surface area contributed by atoms with Crippen molar-refractivity contribution in [1.82, 2.24) is 9.55 Å². The Kier molecular flexibility index (Phi) is 5.66. The van der Waals surface area contributed by atoms with Gasteiger partial charge >= 0.3 is 0 Å². The predicted molar refractivity (Wildman–Crippen MR) is 202 cm³/mol. The highest BCUT2D eigenvalue weighted by atomic mass is 15.0. The Morgan fingerprint density at radius 1 is 0.479 bits per heavy atom. The van der Waals surface area contributed by atoms with Crippen molar-refractivity contribution in [2.75, 3.05) is 0 Å². The topological polar surface area (TPSA) is 17.8 Å². The highest BCUT2D eigenvalue weighted by Crippen LogP contribution is 2.51. The van der Waals surface area contributed by atoms with Gasteiger partial charge in [-0.15, -0.1) is 0 Å². The molecule has 0 aliphatic heterocycles. The first-order valence-electron chi connectivity index (χ1n) is 16.7. The first-order chi connectivity index (χ1) is 23.6. The van der Waals surface area contributed by atoms with Crippen LogP contribution in [0.25, 0.3) is 82.5 Å². The Hall–Kier alpha value is -5.99. The minimum atomic E-state index is -0.166. The van der Waals surface area contributed by atoms with E-state index in [1.54, 1.807) is 0 Å². The molecule has 0 amide bonds. The van der Waals surface area contributed by atoms with Gasteiger partial charge in [0.05, 0.1) is 16.6 Å². The lowest BCUT2D eigenvalue weighted by molar-refractivity contribution is 0.660. The van der Waals surface area contributed by atoms with Gasteiger partial charge in [0, 0.05) is 38.8 Å². The molecule has 0 atom stereocenters. The molecular weight excluding hydrogens is 581 g/mol. The van der Waals surface area contributed by atoms with E-state index in [-0.39, 0.29) is 5.41 Å². The summed E-state index contributed by atoms with van der Waals surface area (Å²) in [5, 5.41) is 6.15. The Labute approximate surface area is 279 Å². The molecule has 0 radical (unpaired) electrons. The van der Waals surface area contributed by atoms with Gasteiger partial charge in [-0.25, -0.2) is 0 Å². The third-order valence-corrected chi connectivity index (χ3v) is 10.6. The fraction of sp³-hybridized carbons (Fsp3) is 0.0652. The third-order valence-electron chi connectivity index (χ3n) is 10.6. The normalized spacial score (nSPS) is 13.4. The molecule has 0 fully saturated rings. The molecule has 0 unspecified atom stereocenters. The standard InChI is InChI=1S/C46H32N2/c1-46(2)40-27-33(35-15-8-12-30-17-18-31-13-9-25-47-45(31)44(30)35)19-22-36(40)37-23-21-34(28-41(37)46)48-42-16-7-6-14-38(42)39-26-32(20-24-43(39)48)29-10-4-3-5-11-29/h3-28H,1-2H3. The molecule has 10 rings (SSSR count). The van der Waals surface area contributed by atoms with Crippen molar-refractivity contribution in [2.45, 2.75) is 19.3 Å². The molecule has 48 heavy (non-hydrogen) atoms. The number of rotatable bonds is 3. The van der Waals surface area contributed by atoms with Crippen LogP contribution in [-0.4, -0.2) is 9.55 Å². The van der Waals surface area contributed by atoms with E-state index >= 15 is 0 Å². The number of nitrogens with zero attached hydrogens (tertiary/aromatic N) is 2. The summed E-state index contributed by atoms with van der Waals surface area (Å²) in [5.41, 5.74) is 14.8. The Morgan fingerprint density at radius 3 is 2.10 bits per heavy atom. The van der Waals surface area contributed by atoms with Gasteiger partial charge in [0.2, 0.25) is 0 Å². The fourth-order valence-electron chi connectivity index (χ4n) is 8.25. The highest BCUT2D eigenvalue weighted by Gasteiger charge is 2.36. The summed E-state index contributed by atoms with van der Waals surface area (Å²) in [5.74, 6) is 0. The summed E-state index contributed by atoms with van der Waals surface area (Å²) in [4.78, 5) is 4.82. The lowest BCUT2D eigenvalue weighted by atomic mass is 9.81. The van der Waals surface area contributed by atoms with Gasteiger partial charge in [-0.05, 0) is 92.4 Å². The van der Waals surface area contributed by atoms with Crippen LogP contribution in [0.15, 0.2) is 158 Å². The summed E-state index contributed by atoms with van der Waals surface area (Å²) < 4.78 is 2.44. The second-order valence-electron chi connectivity index (χ2n) is 13.6. The van der Waals surface area contributed by atoms with E-state index in [0.29, 0.717) is 0 Å². The maximum atomic E-state index is 4.82. The number of hydrogen-bond donors (Lipinski definition) is 0. The molecule has 0 N–H and O–H groups in total. The summed E-state index contributed by atoms with van der Waals surface area (Å²) in [6.07, 6.45) is 1.90. The Balaban J connectivity index is 1.13. The van der Waals surface area contributed by atoms with E-state index in [0.717, 1.165) is 5.52 Å². The smallest absolute Gasteiger partial charge is 0.0786 e. The molecule has 1 aliphatic rings. The zero-order valence-electron chi connectivity index (χ0n) is 26.9. The zero-order valence-corrected chi connectivity index (χ0v) is 26.9. The van der Waals surface area contributed by atoms with Crippen LogP contribution in [0.2, 0.25) is 0 Å². The quantitative estimate of drug-likeness (QED) is 0.182. The molecule has 7 aromatic carbocycles. The summed E-state index contributed by atoms with van der Waals surface area (Å²) in [7, 11) is 0. The van der Waals surface area contributed by atoms with E-state index in [1.807, 2.05) is 12.3 Å². The Bertz CT molecular complexity index is 2750. The van der Waals surface area contributed by atoms with Crippen LogP contribution in [0.5, 0.6) is 0 Å². The van der Waals surface area contributed by atoms with Crippen LogP contribution in [0.4, 0.5) is 0 Å². The van der Waals surface area contributed by atoms with Gasteiger partial charge in [-0.3, -0.25) is 4.98 Å². The molecule has 2 heteroatoms. The second-order valence-corrected chi connectivity index (χ2v) is 13.6. The Morgan fingerprint density at radius 2 is 1.21 bits per heavy atom. The summed E-state index contributed by atoms with van der Waals surface area (Å²) in [6.45, 7) is 4.76. The average molecular weight is 613 g/mol. The van der Waals surface area contributed by atoms with E-state index in [2.05, 4.69) is 164 Å². The van der Waals surface area contributed by atoms with Crippen LogP contribution in [0.3, 0.4) is 0 Å². The maximum absolute atomic E-state index is 4.82. The number of aromatic nitrogens is 2. The van der Waals surface area contributed by atoms with E-state index < -0.39 is 0 Å². The van der Waals surface area contributed by atoms with Gasteiger partial charge in [0.15, 0.2) is 0 Å². The summed E-state index contributed by atoms with van der Waals surface area (Å²) >= 11 is 0. The van der Waals surface area contributed by atoms with Gasteiger partial charge in [0.25, 0.3) is 0 Å². The predicted octanol–water partition coefficient (Wildman–Crippen LogP) is 12.1.